The molecule has 1 atom stereocenters. The van der Waals surface area contributed by atoms with Gasteiger partial charge in [-0.3, -0.25) is 0 Å². The normalized spacial score (nSPS) is 20.3. The van der Waals surface area contributed by atoms with Crippen LogP contribution in [0.1, 0.15) is 47.0 Å². The Morgan fingerprint density at radius 3 is 2.67 bits per heavy atom. The second kappa shape index (κ2) is 8.59. The first-order valence-electron chi connectivity index (χ1n) is 8.22. The third-order valence-corrected chi connectivity index (χ3v) is 3.89. The summed E-state index contributed by atoms with van der Waals surface area (Å²) in [4.78, 5) is 16.2. The maximum Gasteiger partial charge on any atom is 0.410 e. The number of nitrogens with one attached hydrogen (secondary N) is 1. The van der Waals surface area contributed by atoms with Gasteiger partial charge in [-0.25, -0.2) is 4.79 Å². The van der Waals surface area contributed by atoms with Gasteiger partial charge in [0.15, 0.2) is 0 Å². The van der Waals surface area contributed by atoms with Gasteiger partial charge in [0.05, 0.1) is 0 Å². The van der Waals surface area contributed by atoms with Crippen LogP contribution in [0.2, 0.25) is 0 Å². The number of likely N-dealkylation sites (N-methyl/N-ethyl adjacent to an activating group) is 2. The van der Waals surface area contributed by atoms with Crippen LogP contribution in [-0.4, -0.2) is 67.3 Å². The van der Waals surface area contributed by atoms with E-state index in [9.17, 15) is 4.79 Å². The van der Waals surface area contributed by atoms with E-state index >= 15 is 0 Å². The van der Waals surface area contributed by atoms with E-state index in [4.69, 9.17) is 4.74 Å². The van der Waals surface area contributed by atoms with E-state index in [-0.39, 0.29) is 6.09 Å². The minimum absolute atomic E-state index is 0.221. The summed E-state index contributed by atoms with van der Waals surface area (Å²) in [5, 5.41) is 3.48. The molecule has 1 aliphatic heterocycles. The van der Waals surface area contributed by atoms with Crippen molar-refractivity contribution in [3.8, 4) is 0 Å². The summed E-state index contributed by atoms with van der Waals surface area (Å²) in [6.07, 6.45) is 3.69. The number of ether oxygens (including phenoxy) is 1. The first-order valence-corrected chi connectivity index (χ1v) is 8.22. The molecule has 1 rings (SSSR count). The third-order valence-electron chi connectivity index (χ3n) is 3.89. The lowest BCUT2D eigenvalue weighted by Gasteiger charge is -2.33. The second-order valence-electron chi connectivity index (χ2n) is 6.89. The number of amides is 1. The van der Waals surface area contributed by atoms with E-state index in [0.717, 1.165) is 13.1 Å². The number of likely N-dealkylation sites (tertiary alicyclic amines) is 1. The molecule has 124 valence electrons. The van der Waals surface area contributed by atoms with Gasteiger partial charge in [0.2, 0.25) is 0 Å². The van der Waals surface area contributed by atoms with Crippen LogP contribution < -0.4 is 5.32 Å². The maximum atomic E-state index is 12.0. The van der Waals surface area contributed by atoms with Gasteiger partial charge in [-0.2, -0.15) is 0 Å². The molecule has 5 heteroatoms. The van der Waals surface area contributed by atoms with E-state index in [1.807, 2.05) is 27.7 Å². The topological polar surface area (TPSA) is 44.8 Å². The molecular weight excluding hydrogens is 266 g/mol. The van der Waals surface area contributed by atoms with Crippen LogP contribution in [0.3, 0.4) is 0 Å². The highest BCUT2D eigenvalue weighted by atomic mass is 16.6. The molecule has 1 fully saturated rings. The van der Waals surface area contributed by atoms with Crippen molar-refractivity contribution in [3.05, 3.63) is 0 Å². The molecule has 0 saturated carbocycles. The number of carbonyl (C=O) groups excluding carboxylic acids is 1. The summed E-state index contributed by atoms with van der Waals surface area (Å²) in [6, 6.07) is 0.635. The van der Waals surface area contributed by atoms with Crippen molar-refractivity contribution in [2.24, 2.45) is 0 Å². The Balaban J connectivity index is 2.24. The average molecular weight is 299 g/mol. The Bertz CT molecular complexity index is 315. The van der Waals surface area contributed by atoms with E-state index in [1.165, 1.54) is 25.8 Å². The van der Waals surface area contributed by atoms with Crippen molar-refractivity contribution in [2.75, 3.05) is 39.8 Å². The summed E-state index contributed by atoms with van der Waals surface area (Å²) in [7, 11) is 2.20. The Morgan fingerprint density at radius 1 is 1.38 bits per heavy atom. The van der Waals surface area contributed by atoms with Gasteiger partial charge >= 0.3 is 6.09 Å². The van der Waals surface area contributed by atoms with Crippen molar-refractivity contribution in [3.63, 3.8) is 0 Å². The van der Waals surface area contributed by atoms with Crippen molar-refractivity contribution >= 4 is 6.09 Å². The van der Waals surface area contributed by atoms with Crippen molar-refractivity contribution in [1.29, 1.82) is 0 Å². The predicted molar refractivity (Wildman–Crippen MR) is 86.6 cm³/mol. The summed E-state index contributed by atoms with van der Waals surface area (Å²) in [5.41, 5.74) is -0.428. The fourth-order valence-electron chi connectivity index (χ4n) is 2.59. The van der Waals surface area contributed by atoms with Crippen LogP contribution in [0.15, 0.2) is 0 Å². The molecule has 0 radical (unpaired) electrons. The third kappa shape index (κ3) is 7.14. The average Bonchev–Trinajstić information content (AvgIpc) is 2.38. The zero-order valence-electron chi connectivity index (χ0n) is 14.4. The van der Waals surface area contributed by atoms with Crippen LogP contribution in [-0.2, 0) is 4.74 Å². The molecular formula is C16H33N3O2. The first-order chi connectivity index (χ1) is 9.83. The fourth-order valence-corrected chi connectivity index (χ4v) is 2.59. The molecule has 1 aliphatic rings. The quantitative estimate of drug-likeness (QED) is 0.765. The molecule has 1 saturated heterocycles. The van der Waals surface area contributed by atoms with Gasteiger partial charge in [-0.1, -0.05) is 6.42 Å². The smallest absolute Gasteiger partial charge is 0.410 e. The standard InChI is InChI=1S/C16H33N3O2/c1-6-19(15(20)21-16(2,3)4)12-10-17-13-14-9-7-8-11-18(14)5/h14,17H,6-13H2,1-5H3. The minimum atomic E-state index is -0.428. The van der Waals surface area contributed by atoms with Crippen molar-refractivity contribution in [2.45, 2.75) is 58.6 Å². The van der Waals surface area contributed by atoms with Crippen LogP contribution in [0.5, 0.6) is 0 Å². The molecule has 0 aromatic carbocycles. The second-order valence-corrected chi connectivity index (χ2v) is 6.89. The molecule has 0 aromatic rings. The maximum absolute atomic E-state index is 12.0. The molecule has 0 bridgehead atoms. The summed E-state index contributed by atoms with van der Waals surface area (Å²) in [5.74, 6) is 0. The van der Waals surface area contributed by atoms with Gasteiger partial charge in [0.25, 0.3) is 0 Å². The van der Waals surface area contributed by atoms with E-state index in [2.05, 4.69) is 17.3 Å². The van der Waals surface area contributed by atoms with E-state index in [1.54, 1.807) is 4.90 Å². The van der Waals surface area contributed by atoms with Gasteiger partial charge in [0, 0.05) is 32.2 Å². The lowest BCUT2D eigenvalue weighted by Crippen LogP contribution is -2.45. The SMILES string of the molecule is CCN(CCNCC1CCCCN1C)C(=O)OC(C)(C)C. The largest absolute Gasteiger partial charge is 0.444 e. The highest BCUT2D eigenvalue weighted by Crippen LogP contribution is 2.14. The zero-order valence-corrected chi connectivity index (χ0v) is 14.4. The Hall–Kier alpha value is -0.810. The highest BCUT2D eigenvalue weighted by Gasteiger charge is 2.21. The number of rotatable bonds is 6. The molecule has 21 heavy (non-hydrogen) atoms. The zero-order chi connectivity index (χ0) is 15.9. The van der Waals surface area contributed by atoms with Crippen molar-refractivity contribution in [1.82, 2.24) is 15.1 Å². The number of hydrogen-bond acceptors (Lipinski definition) is 4. The van der Waals surface area contributed by atoms with Gasteiger partial charge < -0.3 is 19.9 Å². The highest BCUT2D eigenvalue weighted by molar-refractivity contribution is 5.68. The van der Waals surface area contributed by atoms with Crippen LogP contribution in [0, 0.1) is 0 Å². The molecule has 0 aliphatic carbocycles. The first kappa shape index (κ1) is 18.2. The summed E-state index contributed by atoms with van der Waals surface area (Å²) >= 11 is 0. The molecule has 1 heterocycles. The molecule has 1 unspecified atom stereocenters. The summed E-state index contributed by atoms with van der Waals surface area (Å²) in [6.45, 7) is 12.1. The van der Waals surface area contributed by atoms with Crippen molar-refractivity contribution < 1.29 is 9.53 Å². The Kier molecular flexibility index (Phi) is 7.46. The molecule has 5 nitrogen and oxygen atoms in total. The Labute approximate surface area is 130 Å². The molecule has 0 spiro atoms. The molecule has 0 aromatic heterocycles. The lowest BCUT2D eigenvalue weighted by molar-refractivity contribution is 0.0261. The van der Waals surface area contributed by atoms with Gasteiger partial charge in [-0.15, -0.1) is 0 Å². The van der Waals surface area contributed by atoms with Crippen LogP contribution >= 0.6 is 0 Å². The monoisotopic (exact) mass is 299 g/mol. The predicted octanol–water partition coefficient (Wildman–Crippen LogP) is 2.32. The number of hydrogen-bond donors (Lipinski definition) is 1. The van der Waals surface area contributed by atoms with Crippen LogP contribution in [0.25, 0.3) is 0 Å². The summed E-state index contributed by atoms with van der Waals surface area (Å²) < 4.78 is 5.41. The number of nitrogens with zero attached hydrogens (tertiary/aromatic N) is 2. The Morgan fingerprint density at radius 2 is 2.10 bits per heavy atom. The minimum Gasteiger partial charge on any atom is -0.444 e. The fraction of sp³-hybridized carbons (Fsp3) is 0.938. The van der Waals surface area contributed by atoms with E-state index < -0.39 is 5.60 Å². The van der Waals surface area contributed by atoms with Gasteiger partial charge in [-0.05, 0) is 54.1 Å². The molecule has 1 N–H and O–H groups in total. The number of piperidine rings is 1. The van der Waals surface area contributed by atoms with E-state index in [0.29, 0.717) is 19.1 Å². The molecule has 1 amide bonds. The number of carbonyl (C=O) groups is 1. The lowest BCUT2D eigenvalue weighted by atomic mass is 10.0. The van der Waals surface area contributed by atoms with Gasteiger partial charge in [0.1, 0.15) is 5.60 Å². The van der Waals surface area contributed by atoms with Crippen LogP contribution in [0.4, 0.5) is 4.79 Å².